The van der Waals surface area contributed by atoms with Gasteiger partial charge >= 0.3 is 11.7 Å². The Labute approximate surface area is 156 Å². The van der Waals surface area contributed by atoms with Crippen LogP contribution in [0.3, 0.4) is 0 Å². The standard InChI is InChI=1S/C19H20N2O6/c1-11-6-5-7-12(2)17(11)20(13(3)19(24)27-4)18(23)14-8-9-16(22)15(10-14)21(25)26/h5-10,13,22H,1-4H3. The van der Waals surface area contributed by atoms with Crippen molar-refractivity contribution >= 4 is 23.3 Å². The maximum atomic E-state index is 13.2. The number of nitrogens with zero attached hydrogens (tertiary/aromatic N) is 2. The van der Waals surface area contributed by atoms with E-state index >= 15 is 0 Å². The summed E-state index contributed by atoms with van der Waals surface area (Å²) in [6.07, 6.45) is 0. The monoisotopic (exact) mass is 372 g/mol. The Bertz CT molecular complexity index is 889. The molecule has 1 unspecified atom stereocenters. The molecule has 0 heterocycles. The predicted molar refractivity (Wildman–Crippen MR) is 99.0 cm³/mol. The van der Waals surface area contributed by atoms with Crippen LogP contribution in [0.15, 0.2) is 36.4 Å². The summed E-state index contributed by atoms with van der Waals surface area (Å²) in [6.45, 7) is 5.11. The van der Waals surface area contributed by atoms with Crippen LogP contribution in [0.2, 0.25) is 0 Å². The van der Waals surface area contributed by atoms with E-state index in [1.807, 2.05) is 6.07 Å². The number of carbonyl (C=O) groups is 2. The summed E-state index contributed by atoms with van der Waals surface area (Å²) < 4.78 is 4.78. The number of carbonyl (C=O) groups excluding carboxylic acids is 2. The molecular weight excluding hydrogens is 352 g/mol. The lowest BCUT2D eigenvalue weighted by Crippen LogP contribution is -2.44. The van der Waals surface area contributed by atoms with Crippen molar-refractivity contribution in [3.63, 3.8) is 0 Å². The Morgan fingerprint density at radius 1 is 1.19 bits per heavy atom. The number of phenols is 1. The molecule has 0 spiro atoms. The van der Waals surface area contributed by atoms with Crippen molar-refractivity contribution in [1.29, 1.82) is 0 Å². The number of hydrogen-bond acceptors (Lipinski definition) is 6. The fourth-order valence-corrected chi connectivity index (χ4v) is 2.87. The predicted octanol–water partition coefficient (Wildman–Crippen LogP) is 3.13. The van der Waals surface area contributed by atoms with Gasteiger partial charge < -0.3 is 9.84 Å². The Morgan fingerprint density at radius 3 is 2.30 bits per heavy atom. The molecule has 0 aliphatic carbocycles. The molecular formula is C19H20N2O6. The van der Waals surface area contributed by atoms with Crippen molar-refractivity contribution in [1.82, 2.24) is 0 Å². The molecule has 2 aromatic rings. The molecule has 0 fully saturated rings. The summed E-state index contributed by atoms with van der Waals surface area (Å²) >= 11 is 0. The van der Waals surface area contributed by atoms with Crippen LogP contribution in [0.5, 0.6) is 5.75 Å². The summed E-state index contributed by atoms with van der Waals surface area (Å²) in [6, 6.07) is 7.80. The van der Waals surface area contributed by atoms with Crippen molar-refractivity contribution in [3.05, 3.63) is 63.2 Å². The molecule has 2 rings (SSSR count). The molecule has 8 nitrogen and oxygen atoms in total. The first kappa shape index (κ1) is 19.9. The topological polar surface area (TPSA) is 110 Å². The number of aryl methyl sites for hydroxylation is 2. The highest BCUT2D eigenvalue weighted by molar-refractivity contribution is 6.10. The van der Waals surface area contributed by atoms with Gasteiger partial charge in [0.05, 0.1) is 17.7 Å². The molecule has 27 heavy (non-hydrogen) atoms. The van der Waals surface area contributed by atoms with E-state index in [0.717, 1.165) is 23.3 Å². The zero-order valence-corrected chi connectivity index (χ0v) is 15.4. The van der Waals surface area contributed by atoms with Gasteiger partial charge in [-0.15, -0.1) is 0 Å². The number of para-hydroxylation sites is 1. The van der Waals surface area contributed by atoms with Crippen molar-refractivity contribution in [2.45, 2.75) is 26.8 Å². The van der Waals surface area contributed by atoms with Crippen molar-refractivity contribution in [2.75, 3.05) is 12.0 Å². The molecule has 1 amide bonds. The van der Waals surface area contributed by atoms with Gasteiger partial charge in [-0.25, -0.2) is 4.79 Å². The van der Waals surface area contributed by atoms with E-state index in [2.05, 4.69) is 0 Å². The van der Waals surface area contributed by atoms with Crippen molar-refractivity contribution < 1.29 is 24.4 Å². The van der Waals surface area contributed by atoms with Crippen LogP contribution in [0.1, 0.15) is 28.4 Å². The number of rotatable bonds is 5. The summed E-state index contributed by atoms with van der Waals surface area (Å²) in [7, 11) is 1.22. The van der Waals surface area contributed by atoms with Gasteiger partial charge in [0.15, 0.2) is 5.75 Å². The molecule has 0 saturated heterocycles. The van der Waals surface area contributed by atoms with E-state index in [4.69, 9.17) is 4.74 Å². The largest absolute Gasteiger partial charge is 0.502 e. The van der Waals surface area contributed by atoms with Crippen LogP contribution in [0, 0.1) is 24.0 Å². The maximum Gasteiger partial charge on any atom is 0.328 e. The Hall–Kier alpha value is -3.42. The Kier molecular flexibility index (Phi) is 5.79. The second kappa shape index (κ2) is 7.86. The third-order valence-electron chi connectivity index (χ3n) is 4.25. The number of esters is 1. The van der Waals surface area contributed by atoms with E-state index in [1.165, 1.54) is 25.0 Å². The third kappa shape index (κ3) is 3.89. The molecule has 2 aromatic carbocycles. The van der Waals surface area contributed by atoms with Crippen LogP contribution in [-0.2, 0) is 9.53 Å². The lowest BCUT2D eigenvalue weighted by Gasteiger charge is -2.30. The average molecular weight is 372 g/mol. The number of nitro groups is 1. The summed E-state index contributed by atoms with van der Waals surface area (Å²) in [4.78, 5) is 36.9. The first-order chi connectivity index (χ1) is 12.7. The number of ether oxygens (including phenoxy) is 1. The average Bonchev–Trinajstić information content (AvgIpc) is 2.63. The SMILES string of the molecule is COC(=O)C(C)N(C(=O)c1ccc(O)c([N+](=O)[O-])c1)c1c(C)cccc1C. The fraction of sp³-hybridized carbons (Fsp3) is 0.263. The molecule has 0 aromatic heterocycles. The second-order valence-corrected chi connectivity index (χ2v) is 6.08. The minimum atomic E-state index is -0.963. The smallest absolute Gasteiger partial charge is 0.328 e. The summed E-state index contributed by atoms with van der Waals surface area (Å²) in [5.41, 5.74) is 1.42. The maximum absolute atomic E-state index is 13.2. The molecule has 1 atom stereocenters. The van der Waals surface area contributed by atoms with Gasteiger partial charge in [0, 0.05) is 11.6 Å². The van der Waals surface area contributed by atoms with Gasteiger partial charge in [0.25, 0.3) is 5.91 Å². The van der Waals surface area contributed by atoms with Gasteiger partial charge in [-0.2, -0.15) is 0 Å². The van der Waals surface area contributed by atoms with Crippen LogP contribution in [0.25, 0.3) is 0 Å². The molecule has 0 bridgehead atoms. The van der Waals surface area contributed by atoms with Crippen LogP contribution in [0.4, 0.5) is 11.4 Å². The molecule has 0 aliphatic heterocycles. The molecule has 0 radical (unpaired) electrons. The molecule has 8 heteroatoms. The quantitative estimate of drug-likeness (QED) is 0.490. The molecule has 142 valence electrons. The molecule has 1 N–H and O–H groups in total. The molecule has 0 aliphatic rings. The highest BCUT2D eigenvalue weighted by Crippen LogP contribution is 2.31. The Morgan fingerprint density at radius 2 is 1.78 bits per heavy atom. The van der Waals surface area contributed by atoms with E-state index in [-0.39, 0.29) is 5.56 Å². The minimum Gasteiger partial charge on any atom is -0.502 e. The van der Waals surface area contributed by atoms with Crippen LogP contribution >= 0.6 is 0 Å². The minimum absolute atomic E-state index is 0.0297. The van der Waals surface area contributed by atoms with Gasteiger partial charge in [-0.05, 0) is 44.0 Å². The van der Waals surface area contributed by atoms with E-state index < -0.39 is 34.3 Å². The number of methoxy groups -OCH3 is 1. The van der Waals surface area contributed by atoms with Crippen LogP contribution in [-0.4, -0.2) is 35.1 Å². The first-order valence-electron chi connectivity index (χ1n) is 8.14. The van der Waals surface area contributed by atoms with Gasteiger partial charge in [-0.1, -0.05) is 18.2 Å². The number of aromatic hydroxyl groups is 1. The Balaban J connectivity index is 2.64. The van der Waals surface area contributed by atoms with E-state index in [0.29, 0.717) is 5.69 Å². The lowest BCUT2D eigenvalue weighted by molar-refractivity contribution is -0.385. The van der Waals surface area contributed by atoms with E-state index in [9.17, 15) is 24.8 Å². The van der Waals surface area contributed by atoms with Gasteiger partial charge in [-0.3, -0.25) is 19.8 Å². The second-order valence-electron chi connectivity index (χ2n) is 6.08. The number of benzene rings is 2. The number of phenolic OH excluding ortho intramolecular Hbond substituents is 1. The lowest BCUT2D eigenvalue weighted by atomic mass is 10.0. The van der Waals surface area contributed by atoms with Crippen molar-refractivity contribution in [2.24, 2.45) is 0 Å². The third-order valence-corrected chi connectivity index (χ3v) is 4.25. The highest BCUT2D eigenvalue weighted by atomic mass is 16.6. The zero-order chi connectivity index (χ0) is 20.3. The highest BCUT2D eigenvalue weighted by Gasteiger charge is 2.32. The van der Waals surface area contributed by atoms with Gasteiger partial charge in [0.1, 0.15) is 6.04 Å². The molecule has 0 saturated carbocycles. The fourth-order valence-electron chi connectivity index (χ4n) is 2.87. The van der Waals surface area contributed by atoms with Crippen LogP contribution < -0.4 is 4.90 Å². The zero-order valence-electron chi connectivity index (χ0n) is 15.4. The summed E-state index contributed by atoms with van der Waals surface area (Å²) in [5.74, 6) is -1.79. The summed E-state index contributed by atoms with van der Waals surface area (Å²) in [5, 5.41) is 20.7. The van der Waals surface area contributed by atoms with E-state index in [1.54, 1.807) is 26.0 Å². The number of anilines is 1. The number of amides is 1. The van der Waals surface area contributed by atoms with Gasteiger partial charge in [0.2, 0.25) is 0 Å². The van der Waals surface area contributed by atoms with Crippen molar-refractivity contribution in [3.8, 4) is 5.75 Å². The number of hydrogen-bond donors (Lipinski definition) is 1. The first-order valence-corrected chi connectivity index (χ1v) is 8.14. The number of nitro benzene ring substituents is 1. The normalized spacial score (nSPS) is 11.6.